The predicted molar refractivity (Wildman–Crippen MR) is 112 cm³/mol. The summed E-state index contributed by atoms with van der Waals surface area (Å²) in [4.78, 5) is 51.7. The van der Waals surface area contributed by atoms with Crippen molar-refractivity contribution >= 4 is 35.3 Å². The molecule has 0 unspecified atom stereocenters. The number of esters is 1. The third kappa shape index (κ3) is 10.3. The lowest BCUT2D eigenvalue weighted by atomic mass is 10.0. The molecule has 29 heavy (non-hydrogen) atoms. The van der Waals surface area contributed by atoms with Gasteiger partial charge in [-0.1, -0.05) is 13.3 Å². The second kappa shape index (κ2) is 11.8. The van der Waals surface area contributed by atoms with Gasteiger partial charge in [-0.2, -0.15) is 0 Å². The van der Waals surface area contributed by atoms with Crippen LogP contribution >= 0.6 is 11.3 Å². The van der Waals surface area contributed by atoms with Crippen molar-refractivity contribution in [3.63, 3.8) is 0 Å². The summed E-state index contributed by atoms with van der Waals surface area (Å²) in [6.45, 7) is 8.63. The van der Waals surface area contributed by atoms with E-state index in [0.717, 1.165) is 37.0 Å². The number of aryl methyl sites for hydroxylation is 1. The van der Waals surface area contributed by atoms with Crippen molar-refractivity contribution in [2.24, 2.45) is 5.92 Å². The molecule has 1 rings (SSSR count). The van der Waals surface area contributed by atoms with E-state index in [2.05, 4.69) is 10.3 Å². The predicted octanol–water partition coefficient (Wildman–Crippen LogP) is 3.50. The monoisotopic (exact) mass is 424 g/mol. The number of aldehydes is 1. The lowest BCUT2D eigenvalue weighted by Crippen LogP contribution is -2.41. The van der Waals surface area contributed by atoms with Crippen LogP contribution in [0.4, 0.5) is 0 Å². The van der Waals surface area contributed by atoms with Crippen molar-refractivity contribution in [1.82, 2.24) is 10.3 Å². The van der Waals surface area contributed by atoms with Gasteiger partial charge in [0.2, 0.25) is 5.91 Å². The molecule has 1 aromatic rings. The minimum absolute atomic E-state index is 0.0212. The normalized spacial score (nSPS) is 13.4. The number of unbranched alkanes of at least 4 members (excludes halogenated alkanes) is 2. The van der Waals surface area contributed by atoms with Crippen LogP contribution in [-0.2, 0) is 25.5 Å². The molecule has 1 amide bonds. The highest BCUT2D eigenvalue weighted by Gasteiger charge is 2.24. The summed E-state index contributed by atoms with van der Waals surface area (Å²) in [5, 5.41) is 3.61. The number of rotatable bonds is 12. The van der Waals surface area contributed by atoms with E-state index in [1.54, 1.807) is 40.8 Å². The summed E-state index contributed by atoms with van der Waals surface area (Å²) < 4.78 is 5.22. The van der Waals surface area contributed by atoms with Crippen LogP contribution < -0.4 is 5.32 Å². The van der Waals surface area contributed by atoms with Crippen LogP contribution in [0.2, 0.25) is 0 Å². The second-order valence-corrected chi connectivity index (χ2v) is 9.37. The van der Waals surface area contributed by atoms with Crippen molar-refractivity contribution in [1.29, 1.82) is 0 Å². The van der Waals surface area contributed by atoms with Crippen LogP contribution in [0, 0.1) is 5.92 Å². The number of aromatic nitrogens is 1. The summed E-state index contributed by atoms with van der Waals surface area (Å²) in [6.07, 6.45) is 6.03. The number of amides is 1. The van der Waals surface area contributed by atoms with E-state index in [9.17, 15) is 19.2 Å². The number of nitrogens with zero attached hydrogens (tertiary/aromatic N) is 1. The first-order valence-electron chi connectivity index (χ1n) is 9.96. The van der Waals surface area contributed by atoms with Crippen molar-refractivity contribution in [3.8, 4) is 0 Å². The Kier molecular flexibility index (Phi) is 10.2. The number of ether oxygens (including phenoxy) is 1. The molecule has 1 heterocycles. The molecule has 1 aromatic heterocycles. The van der Waals surface area contributed by atoms with E-state index in [1.165, 1.54) is 11.3 Å². The minimum Gasteiger partial charge on any atom is -0.460 e. The lowest BCUT2D eigenvalue weighted by molar-refractivity contribution is -0.157. The Hall–Kier alpha value is -2.09. The molecule has 0 saturated carbocycles. The van der Waals surface area contributed by atoms with Gasteiger partial charge in [0.05, 0.1) is 22.3 Å². The maximum absolute atomic E-state index is 12.2. The molecular weight excluding hydrogens is 392 g/mol. The van der Waals surface area contributed by atoms with Crippen LogP contribution in [0.3, 0.4) is 0 Å². The molecule has 0 saturated heterocycles. The fraction of sp³-hybridized carbons (Fsp3) is 0.667. The maximum Gasteiger partial charge on any atom is 0.307 e. The average molecular weight is 425 g/mol. The van der Waals surface area contributed by atoms with Crippen molar-refractivity contribution in [2.45, 2.75) is 84.8 Å². The van der Waals surface area contributed by atoms with Gasteiger partial charge in [0.1, 0.15) is 5.60 Å². The molecule has 0 bridgehead atoms. The molecule has 1 N–H and O–H groups in total. The average Bonchev–Trinajstić information content (AvgIpc) is 3.07. The lowest BCUT2D eigenvalue weighted by Gasteiger charge is -2.21. The zero-order valence-corrected chi connectivity index (χ0v) is 18.8. The van der Waals surface area contributed by atoms with Gasteiger partial charge in [-0.15, -0.1) is 11.3 Å². The van der Waals surface area contributed by atoms with E-state index in [4.69, 9.17) is 4.74 Å². The van der Waals surface area contributed by atoms with Gasteiger partial charge < -0.3 is 10.1 Å². The molecular formula is C21H32N2O5S. The van der Waals surface area contributed by atoms with Gasteiger partial charge in [0.25, 0.3) is 0 Å². The highest BCUT2D eigenvalue weighted by Crippen LogP contribution is 2.15. The molecule has 0 radical (unpaired) electrons. The smallest absolute Gasteiger partial charge is 0.307 e. The summed E-state index contributed by atoms with van der Waals surface area (Å²) >= 11 is 1.39. The maximum atomic E-state index is 12.2. The Labute approximate surface area is 176 Å². The van der Waals surface area contributed by atoms with Crippen LogP contribution in [-0.4, -0.2) is 40.6 Å². The van der Waals surface area contributed by atoms with Crippen LogP contribution in [0.25, 0.3) is 0 Å². The van der Waals surface area contributed by atoms with E-state index in [-0.39, 0.29) is 18.1 Å². The number of carbonyl (C=O) groups excluding carboxylic acids is 4. The molecule has 162 valence electrons. The summed E-state index contributed by atoms with van der Waals surface area (Å²) in [5.74, 6) is -1.35. The Morgan fingerprint density at radius 3 is 2.48 bits per heavy atom. The molecule has 8 heteroatoms. The van der Waals surface area contributed by atoms with E-state index in [1.807, 2.05) is 0 Å². The van der Waals surface area contributed by atoms with Gasteiger partial charge in [0.15, 0.2) is 12.1 Å². The van der Waals surface area contributed by atoms with E-state index in [0.29, 0.717) is 11.3 Å². The van der Waals surface area contributed by atoms with Gasteiger partial charge in [0, 0.05) is 18.5 Å². The first kappa shape index (κ1) is 24.9. The van der Waals surface area contributed by atoms with Crippen molar-refractivity contribution in [3.05, 3.63) is 16.1 Å². The highest BCUT2D eigenvalue weighted by molar-refractivity contribution is 7.13. The van der Waals surface area contributed by atoms with Gasteiger partial charge in [-0.25, -0.2) is 4.98 Å². The molecule has 7 nitrogen and oxygen atoms in total. The number of carbonyl (C=O) groups is 4. The van der Waals surface area contributed by atoms with E-state index < -0.39 is 23.5 Å². The highest BCUT2D eigenvalue weighted by atomic mass is 32.1. The summed E-state index contributed by atoms with van der Waals surface area (Å²) in [6, 6.07) is -0.585. The molecule has 0 spiro atoms. The third-order valence-electron chi connectivity index (χ3n) is 4.18. The largest absolute Gasteiger partial charge is 0.460 e. The molecule has 0 aromatic carbocycles. The standard InChI is InChI=1S/C21H32N2O5S/c1-14(11-19(26)28-21(3,4)5)20(27)23-15(2)17(25)9-7-6-8-10-18-22-12-16(13-24)29-18/h12-15H,6-11H2,1-5H3,(H,23,27)/t14-,15+/m1/s1. The third-order valence-corrected chi connectivity index (χ3v) is 5.17. The van der Waals surface area contributed by atoms with Gasteiger partial charge in [-0.05, 0) is 47.0 Å². The first-order valence-corrected chi connectivity index (χ1v) is 10.8. The molecule has 0 aliphatic rings. The fourth-order valence-corrected chi connectivity index (χ4v) is 3.40. The van der Waals surface area contributed by atoms with Crippen molar-refractivity contribution in [2.75, 3.05) is 0 Å². The Morgan fingerprint density at radius 1 is 1.21 bits per heavy atom. The van der Waals surface area contributed by atoms with Gasteiger partial charge >= 0.3 is 5.97 Å². The molecule has 0 aliphatic carbocycles. The van der Waals surface area contributed by atoms with E-state index >= 15 is 0 Å². The molecule has 0 aliphatic heterocycles. The second-order valence-electron chi connectivity index (χ2n) is 8.22. The quantitative estimate of drug-likeness (QED) is 0.313. The fourth-order valence-electron chi connectivity index (χ4n) is 2.63. The molecule has 0 fully saturated rings. The number of ketones is 1. The first-order chi connectivity index (χ1) is 13.5. The Balaban J connectivity index is 2.25. The SMILES string of the molecule is C[C@H](CC(=O)OC(C)(C)C)C(=O)N[C@@H](C)C(=O)CCCCCc1ncc(C=O)s1. The Morgan fingerprint density at radius 2 is 1.90 bits per heavy atom. The van der Waals surface area contributed by atoms with Crippen LogP contribution in [0.1, 0.15) is 81.4 Å². The zero-order chi connectivity index (χ0) is 22.0. The van der Waals surface area contributed by atoms with Crippen LogP contribution in [0.15, 0.2) is 6.20 Å². The number of thiazole rings is 1. The zero-order valence-electron chi connectivity index (χ0n) is 17.9. The minimum atomic E-state index is -0.590. The van der Waals surface area contributed by atoms with Crippen LogP contribution in [0.5, 0.6) is 0 Å². The number of hydrogen-bond donors (Lipinski definition) is 1. The Bertz CT molecular complexity index is 708. The van der Waals surface area contributed by atoms with Crippen molar-refractivity contribution < 1.29 is 23.9 Å². The summed E-state index contributed by atoms with van der Waals surface area (Å²) in [7, 11) is 0. The number of Topliss-reactive ketones (excluding diaryl/α,β-unsaturated/α-hetero) is 1. The summed E-state index contributed by atoms with van der Waals surface area (Å²) in [5.41, 5.74) is -0.590. The topological polar surface area (TPSA) is 102 Å². The molecule has 2 atom stereocenters. The number of nitrogens with one attached hydrogen (secondary N) is 1. The van der Waals surface area contributed by atoms with Gasteiger partial charge in [-0.3, -0.25) is 19.2 Å². The number of hydrogen-bond acceptors (Lipinski definition) is 7.